The van der Waals surface area contributed by atoms with Crippen molar-refractivity contribution < 1.29 is 4.74 Å². The summed E-state index contributed by atoms with van der Waals surface area (Å²) in [5, 5.41) is 0. The Labute approximate surface area is 99.9 Å². The number of hydrogen-bond acceptors (Lipinski definition) is 2. The number of benzene rings is 1. The molecule has 1 aromatic rings. The highest BCUT2D eigenvalue weighted by atomic mass is 79.9. The highest BCUT2D eigenvalue weighted by Crippen LogP contribution is 2.26. The molecule has 0 bridgehead atoms. The molecule has 0 fully saturated rings. The van der Waals surface area contributed by atoms with E-state index in [2.05, 4.69) is 28.1 Å². The predicted octanol–water partition coefficient (Wildman–Crippen LogP) is 2.92. The van der Waals surface area contributed by atoms with E-state index in [0.29, 0.717) is 12.5 Å². The minimum atomic E-state index is 0.382. The summed E-state index contributed by atoms with van der Waals surface area (Å²) >= 11 is 3.55. The molecule has 0 aromatic heterocycles. The zero-order valence-corrected chi connectivity index (χ0v) is 10.7. The molecule has 3 heteroatoms. The van der Waals surface area contributed by atoms with Crippen molar-refractivity contribution in [2.75, 3.05) is 19.8 Å². The third-order valence-electron chi connectivity index (χ3n) is 2.44. The molecule has 0 aliphatic heterocycles. The Morgan fingerprint density at radius 2 is 2.13 bits per heavy atom. The molecule has 0 amide bonds. The second-order valence-corrected chi connectivity index (χ2v) is 4.29. The molecule has 84 valence electrons. The van der Waals surface area contributed by atoms with Crippen molar-refractivity contribution in [3.05, 3.63) is 34.3 Å². The van der Waals surface area contributed by atoms with Crippen molar-refractivity contribution in [1.82, 2.24) is 0 Å². The van der Waals surface area contributed by atoms with Crippen LogP contribution in [0.3, 0.4) is 0 Å². The highest BCUT2D eigenvalue weighted by Gasteiger charge is 2.11. The quantitative estimate of drug-likeness (QED) is 0.808. The van der Waals surface area contributed by atoms with Crippen LogP contribution in [0, 0.1) is 0 Å². The lowest BCUT2D eigenvalue weighted by Gasteiger charge is -2.16. The van der Waals surface area contributed by atoms with Crippen LogP contribution in [0.2, 0.25) is 0 Å². The molecule has 2 nitrogen and oxygen atoms in total. The van der Waals surface area contributed by atoms with E-state index in [-0.39, 0.29) is 0 Å². The zero-order valence-electron chi connectivity index (χ0n) is 9.08. The maximum absolute atomic E-state index is 5.78. The predicted molar refractivity (Wildman–Crippen MR) is 67.0 cm³/mol. The summed E-state index contributed by atoms with van der Waals surface area (Å²) in [6.45, 7) is 4.22. The van der Waals surface area contributed by atoms with Crippen LogP contribution >= 0.6 is 15.9 Å². The summed E-state index contributed by atoms with van der Waals surface area (Å²) in [7, 11) is 0. The van der Waals surface area contributed by atoms with Gasteiger partial charge in [-0.2, -0.15) is 0 Å². The largest absolute Gasteiger partial charge is 0.382 e. The number of hydrogen-bond donors (Lipinski definition) is 1. The van der Waals surface area contributed by atoms with Crippen LogP contribution in [-0.2, 0) is 4.74 Å². The summed E-state index contributed by atoms with van der Waals surface area (Å²) in [6.07, 6.45) is 0.979. The molecule has 1 atom stereocenters. The van der Waals surface area contributed by atoms with Crippen molar-refractivity contribution in [3.63, 3.8) is 0 Å². The SMILES string of the molecule is CCOCCC(CN)c1ccccc1Br. The molecule has 0 aliphatic carbocycles. The topological polar surface area (TPSA) is 35.2 Å². The van der Waals surface area contributed by atoms with Gasteiger partial charge >= 0.3 is 0 Å². The number of halogens is 1. The van der Waals surface area contributed by atoms with E-state index < -0.39 is 0 Å². The average Bonchev–Trinajstić information content (AvgIpc) is 2.26. The van der Waals surface area contributed by atoms with Gasteiger partial charge in [-0.25, -0.2) is 0 Å². The van der Waals surface area contributed by atoms with Gasteiger partial charge in [0.1, 0.15) is 0 Å². The third kappa shape index (κ3) is 3.93. The van der Waals surface area contributed by atoms with E-state index in [1.54, 1.807) is 0 Å². The fourth-order valence-electron chi connectivity index (χ4n) is 1.58. The van der Waals surface area contributed by atoms with Crippen molar-refractivity contribution in [1.29, 1.82) is 0 Å². The van der Waals surface area contributed by atoms with Crippen LogP contribution in [0.4, 0.5) is 0 Å². The normalized spacial score (nSPS) is 12.7. The van der Waals surface area contributed by atoms with Crippen LogP contribution in [0.1, 0.15) is 24.8 Å². The first-order valence-corrected chi connectivity index (χ1v) is 6.11. The highest BCUT2D eigenvalue weighted by molar-refractivity contribution is 9.10. The summed E-state index contributed by atoms with van der Waals surface area (Å²) in [5.74, 6) is 0.382. The molecule has 2 N–H and O–H groups in total. The number of ether oxygens (including phenoxy) is 1. The van der Waals surface area contributed by atoms with E-state index in [1.807, 2.05) is 19.1 Å². The van der Waals surface area contributed by atoms with Gasteiger partial charge < -0.3 is 10.5 Å². The first-order chi connectivity index (χ1) is 7.29. The molecule has 1 rings (SSSR count). The van der Waals surface area contributed by atoms with E-state index in [9.17, 15) is 0 Å². The summed E-state index contributed by atoms with van der Waals surface area (Å²) in [4.78, 5) is 0. The minimum absolute atomic E-state index is 0.382. The van der Waals surface area contributed by atoms with Gasteiger partial charge in [-0.1, -0.05) is 34.1 Å². The van der Waals surface area contributed by atoms with Gasteiger partial charge in [0, 0.05) is 17.7 Å². The molecular formula is C12H18BrNO. The zero-order chi connectivity index (χ0) is 11.1. The first kappa shape index (κ1) is 12.7. The number of nitrogens with two attached hydrogens (primary N) is 1. The van der Waals surface area contributed by atoms with Gasteiger partial charge in [0.25, 0.3) is 0 Å². The van der Waals surface area contributed by atoms with E-state index in [4.69, 9.17) is 10.5 Å². The van der Waals surface area contributed by atoms with Crippen molar-refractivity contribution in [2.24, 2.45) is 5.73 Å². The minimum Gasteiger partial charge on any atom is -0.382 e. The molecule has 15 heavy (non-hydrogen) atoms. The lowest BCUT2D eigenvalue weighted by atomic mass is 9.96. The Bertz CT molecular complexity index is 291. The molecule has 0 saturated heterocycles. The molecule has 1 unspecified atom stereocenters. The summed E-state index contributed by atoms with van der Waals surface area (Å²) in [5.41, 5.74) is 7.06. The molecule has 0 aliphatic rings. The lowest BCUT2D eigenvalue weighted by Crippen LogP contribution is -2.15. The summed E-state index contributed by atoms with van der Waals surface area (Å²) in [6, 6.07) is 8.24. The maximum Gasteiger partial charge on any atom is 0.0472 e. The second kappa shape index (κ2) is 6.99. The van der Waals surface area contributed by atoms with E-state index >= 15 is 0 Å². The van der Waals surface area contributed by atoms with Crippen LogP contribution < -0.4 is 5.73 Å². The smallest absolute Gasteiger partial charge is 0.0472 e. The van der Waals surface area contributed by atoms with Crippen LogP contribution in [0.5, 0.6) is 0 Å². The molecule has 0 spiro atoms. The first-order valence-electron chi connectivity index (χ1n) is 5.31. The molecule has 0 radical (unpaired) electrons. The van der Waals surface area contributed by atoms with Gasteiger partial charge in [-0.05, 0) is 37.4 Å². The molecular weight excluding hydrogens is 254 g/mol. The van der Waals surface area contributed by atoms with Crippen molar-refractivity contribution in [3.8, 4) is 0 Å². The van der Waals surface area contributed by atoms with Crippen molar-refractivity contribution >= 4 is 15.9 Å². The Hall–Kier alpha value is -0.380. The fraction of sp³-hybridized carbons (Fsp3) is 0.500. The Morgan fingerprint density at radius 3 is 2.73 bits per heavy atom. The van der Waals surface area contributed by atoms with Crippen molar-refractivity contribution in [2.45, 2.75) is 19.3 Å². The van der Waals surface area contributed by atoms with Crippen LogP contribution in [-0.4, -0.2) is 19.8 Å². The van der Waals surface area contributed by atoms with Gasteiger partial charge in [-0.3, -0.25) is 0 Å². The standard InChI is InChI=1S/C12H18BrNO/c1-2-15-8-7-10(9-14)11-5-3-4-6-12(11)13/h3-6,10H,2,7-9,14H2,1H3. The Kier molecular flexibility index (Phi) is 5.91. The van der Waals surface area contributed by atoms with E-state index in [0.717, 1.165) is 24.1 Å². The Balaban J connectivity index is 2.61. The molecule has 0 heterocycles. The van der Waals surface area contributed by atoms with Crippen LogP contribution in [0.25, 0.3) is 0 Å². The monoisotopic (exact) mass is 271 g/mol. The fourth-order valence-corrected chi connectivity index (χ4v) is 2.18. The second-order valence-electron chi connectivity index (χ2n) is 3.44. The maximum atomic E-state index is 5.78. The van der Waals surface area contributed by atoms with Gasteiger partial charge in [0.2, 0.25) is 0 Å². The van der Waals surface area contributed by atoms with Gasteiger partial charge in [0.05, 0.1) is 0 Å². The number of rotatable bonds is 6. The summed E-state index contributed by atoms with van der Waals surface area (Å²) < 4.78 is 6.49. The average molecular weight is 272 g/mol. The lowest BCUT2D eigenvalue weighted by molar-refractivity contribution is 0.140. The van der Waals surface area contributed by atoms with Crippen LogP contribution in [0.15, 0.2) is 28.7 Å². The molecule has 1 aromatic carbocycles. The van der Waals surface area contributed by atoms with Gasteiger partial charge in [0.15, 0.2) is 0 Å². The van der Waals surface area contributed by atoms with E-state index in [1.165, 1.54) is 5.56 Å². The van der Waals surface area contributed by atoms with Gasteiger partial charge in [-0.15, -0.1) is 0 Å². The third-order valence-corrected chi connectivity index (χ3v) is 3.17. The molecule has 0 saturated carbocycles. The Morgan fingerprint density at radius 1 is 1.40 bits per heavy atom.